The second kappa shape index (κ2) is 11.4. The van der Waals surface area contributed by atoms with Gasteiger partial charge in [0.25, 0.3) is 5.91 Å². The summed E-state index contributed by atoms with van der Waals surface area (Å²) in [4.78, 5) is 38.1. The molecular formula is C31H32FN7O4. The summed E-state index contributed by atoms with van der Waals surface area (Å²) in [6, 6.07) is 13.2. The number of nitriles is 1. The molecule has 1 spiro atoms. The van der Waals surface area contributed by atoms with Crippen molar-refractivity contribution in [1.82, 2.24) is 25.5 Å². The summed E-state index contributed by atoms with van der Waals surface area (Å²) < 4.78 is 25.6. The van der Waals surface area contributed by atoms with Crippen LogP contribution in [0.15, 0.2) is 48.7 Å². The minimum Gasteiger partial charge on any atom is -0.488 e. The number of halogens is 1. The van der Waals surface area contributed by atoms with Crippen LogP contribution in [-0.4, -0.2) is 78.8 Å². The lowest BCUT2D eigenvalue weighted by molar-refractivity contribution is -0.0344. The molecule has 2 N–H and O–H groups in total. The molecule has 12 heteroatoms. The molecule has 11 nitrogen and oxygen atoms in total. The van der Waals surface area contributed by atoms with E-state index < -0.39 is 5.82 Å². The zero-order valence-corrected chi connectivity index (χ0v) is 24.0. The van der Waals surface area contributed by atoms with Gasteiger partial charge in [0.2, 0.25) is 5.88 Å². The van der Waals surface area contributed by atoms with Crippen molar-refractivity contribution in [3.05, 3.63) is 65.7 Å². The number of urea groups is 1. The van der Waals surface area contributed by atoms with Gasteiger partial charge in [-0.2, -0.15) is 5.26 Å². The Bertz CT molecular complexity index is 1590. The third kappa shape index (κ3) is 5.50. The molecule has 3 aromatic rings. The number of hydrogen-bond donors (Lipinski definition) is 2. The highest BCUT2D eigenvalue weighted by Crippen LogP contribution is 2.51. The molecule has 43 heavy (non-hydrogen) atoms. The predicted octanol–water partition coefficient (Wildman–Crippen LogP) is 3.35. The van der Waals surface area contributed by atoms with E-state index in [9.17, 15) is 19.2 Å². The maximum atomic E-state index is 13.6. The average molecular weight is 586 g/mol. The van der Waals surface area contributed by atoms with Crippen LogP contribution in [0.25, 0.3) is 11.3 Å². The maximum absolute atomic E-state index is 13.6. The largest absolute Gasteiger partial charge is 0.488 e. The summed E-state index contributed by atoms with van der Waals surface area (Å²) in [6.07, 6.45) is 3.11. The van der Waals surface area contributed by atoms with E-state index in [1.165, 1.54) is 12.1 Å². The van der Waals surface area contributed by atoms with Crippen molar-refractivity contribution in [2.45, 2.75) is 31.9 Å². The number of aromatic nitrogens is 2. The summed E-state index contributed by atoms with van der Waals surface area (Å²) >= 11 is 0. The summed E-state index contributed by atoms with van der Waals surface area (Å²) in [5, 5.41) is 15.0. The number of likely N-dealkylation sites (tertiary alicyclic amines) is 1. The van der Waals surface area contributed by atoms with E-state index in [0.717, 1.165) is 31.6 Å². The number of ether oxygens (including phenoxy) is 2. The fourth-order valence-electron chi connectivity index (χ4n) is 6.07. The lowest BCUT2D eigenvalue weighted by Crippen LogP contribution is -2.65. The van der Waals surface area contributed by atoms with E-state index in [1.54, 1.807) is 42.4 Å². The molecule has 2 aromatic heterocycles. The Kier molecular flexibility index (Phi) is 7.48. The van der Waals surface area contributed by atoms with Gasteiger partial charge in [0.05, 0.1) is 35.2 Å². The average Bonchev–Trinajstić information content (AvgIpc) is 2.95. The zero-order chi connectivity index (χ0) is 30.1. The molecule has 222 valence electrons. The van der Waals surface area contributed by atoms with E-state index >= 15 is 0 Å². The van der Waals surface area contributed by atoms with Crippen LogP contribution >= 0.6 is 0 Å². The first-order chi connectivity index (χ1) is 20.8. The fraction of sp³-hybridized carbons (Fsp3) is 0.387. The van der Waals surface area contributed by atoms with E-state index in [-0.39, 0.29) is 35.2 Å². The molecule has 1 saturated carbocycles. The van der Waals surface area contributed by atoms with Crippen LogP contribution in [0, 0.1) is 22.6 Å². The smallest absolute Gasteiger partial charge is 0.317 e. The molecule has 1 aliphatic carbocycles. The SMILES string of the molecule is CCOc1ncccc1-c1ccc(OC2CC3(C2)CN(c2ccc(F)cc2C#N)C3)c(C(=O)NC2CN(C(=O)NC)C2)n1. The molecule has 6 rings (SSSR count). The molecule has 4 heterocycles. The molecule has 0 radical (unpaired) electrons. The first-order valence-electron chi connectivity index (χ1n) is 14.3. The summed E-state index contributed by atoms with van der Waals surface area (Å²) in [5.41, 5.74) is 2.47. The summed E-state index contributed by atoms with van der Waals surface area (Å²) in [7, 11) is 1.57. The van der Waals surface area contributed by atoms with Crippen LogP contribution in [0.4, 0.5) is 14.9 Å². The third-order valence-corrected chi connectivity index (χ3v) is 8.21. The molecule has 0 unspecified atom stereocenters. The van der Waals surface area contributed by atoms with Gasteiger partial charge >= 0.3 is 6.03 Å². The van der Waals surface area contributed by atoms with Crippen LogP contribution in [0.3, 0.4) is 0 Å². The Morgan fingerprint density at radius 2 is 1.98 bits per heavy atom. The molecule has 2 aliphatic heterocycles. The van der Waals surface area contributed by atoms with E-state index in [4.69, 9.17) is 14.5 Å². The lowest BCUT2D eigenvalue weighted by Gasteiger charge is -2.59. The second-order valence-electron chi connectivity index (χ2n) is 11.2. The van der Waals surface area contributed by atoms with Gasteiger partial charge in [-0.1, -0.05) is 0 Å². The standard InChI is InChI=1S/C31H32FN7O4/c1-3-42-29-23(5-4-10-35-29)24-7-9-26(27(37-24)28(40)36-21-15-38(16-21)30(41)34-2)43-22-12-31(13-22)17-39(18-31)25-8-6-20(32)11-19(25)14-33/h4-11,21-22H,3,12-13,15-18H2,1-2H3,(H,34,41)(H,36,40). The quantitative estimate of drug-likeness (QED) is 0.411. The maximum Gasteiger partial charge on any atom is 0.317 e. The van der Waals surface area contributed by atoms with Crippen molar-refractivity contribution in [1.29, 1.82) is 5.26 Å². The van der Waals surface area contributed by atoms with Crippen LogP contribution < -0.4 is 25.0 Å². The van der Waals surface area contributed by atoms with Crippen molar-refractivity contribution in [2.75, 3.05) is 44.7 Å². The van der Waals surface area contributed by atoms with Crippen LogP contribution in [0.5, 0.6) is 11.6 Å². The Morgan fingerprint density at radius 1 is 1.19 bits per heavy atom. The zero-order valence-electron chi connectivity index (χ0n) is 24.0. The number of nitrogens with one attached hydrogen (secondary N) is 2. The highest BCUT2D eigenvalue weighted by atomic mass is 19.1. The first-order valence-corrected chi connectivity index (χ1v) is 14.3. The number of hydrogen-bond acceptors (Lipinski definition) is 8. The van der Waals surface area contributed by atoms with Crippen molar-refractivity contribution in [3.8, 4) is 29.0 Å². The van der Waals surface area contributed by atoms with Crippen molar-refractivity contribution >= 4 is 17.6 Å². The number of nitrogens with zero attached hydrogens (tertiary/aromatic N) is 5. The van der Waals surface area contributed by atoms with Gasteiger partial charge in [0, 0.05) is 44.8 Å². The highest BCUT2D eigenvalue weighted by molar-refractivity contribution is 5.96. The van der Waals surface area contributed by atoms with Crippen molar-refractivity contribution in [3.63, 3.8) is 0 Å². The Hall–Kier alpha value is -4.92. The number of anilines is 1. The van der Waals surface area contributed by atoms with Crippen LogP contribution in [-0.2, 0) is 0 Å². The van der Waals surface area contributed by atoms with Crippen LogP contribution in [0.1, 0.15) is 35.8 Å². The Labute approximate surface area is 248 Å². The fourth-order valence-corrected chi connectivity index (χ4v) is 6.07. The number of benzene rings is 1. The molecule has 0 atom stereocenters. The van der Waals surface area contributed by atoms with Gasteiger partial charge in [-0.25, -0.2) is 19.2 Å². The number of amides is 3. The third-order valence-electron chi connectivity index (χ3n) is 8.21. The van der Waals surface area contributed by atoms with E-state index in [0.29, 0.717) is 48.1 Å². The van der Waals surface area contributed by atoms with E-state index in [2.05, 4.69) is 26.6 Å². The number of pyridine rings is 2. The number of rotatable bonds is 8. The molecule has 1 aromatic carbocycles. The minimum atomic E-state index is -0.425. The predicted molar refractivity (Wildman–Crippen MR) is 155 cm³/mol. The molecular weight excluding hydrogens is 553 g/mol. The molecule has 3 fully saturated rings. The van der Waals surface area contributed by atoms with Crippen molar-refractivity contribution in [2.24, 2.45) is 5.41 Å². The lowest BCUT2D eigenvalue weighted by atomic mass is 9.61. The number of carbonyl (C=O) groups excluding carboxylic acids is 2. The first kappa shape index (κ1) is 28.2. The second-order valence-corrected chi connectivity index (χ2v) is 11.2. The minimum absolute atomic E-state index is 0.0545. The van der Waals surface area contributed by atoms with Gasteiger partial charge in [0.1, 0.15) is 18.0 Å². The van der Waals surface area contributed by atoms with Gasteiger partial charge in [-0.05, 0) is 62.2 Å². The van der Waals surface area contributed by atoms with Gasteiger partial charge in [-0.15, -0.1) is 0 Å². The van der Waals surface area contributed by atoms with E-state index in [1.807, 2.05) is 13.0 Å². The summed E-state index contributed by atoms with van der Waals surface area (Å²) in [5.74, 6) is -0.00358. The van der Waals surface area contributed by atoms with Gasteiger partial charge in [-0.3, -0.25) is 4.79 Å². The monoisotopic (exact) mass is 585 g/mol. The normalized spacial score (nSPS) is 17.3. The summed E-state index contributed by atoms with van der Waals surface area (Å²) in [6.45, 7) is 4.62. The number of carbonyl (C=O) groups is 2. The Morgan fingerprint density at radius 3 is 2.70 bits per heavy atom. The molecule has 2 saturated heterocycles. The van der Waals surface area contributed by atoms with Gasteiger partial charge < -0.3 is 29.9 Å². The Balaban J connectivity index is 1.16. The van der Waals surface area contributed by atoms with Crippen LogP contribution in [0.2, 0.25) is 0 Å². The van der Waals surface area contributed by atoms with Gasteiger partial charge in [0.15, 0.2) is 11.4 Å². The highest BCUT2D eigenvalue weighted by Gasteiger charge is 2.54. The molecule has 3 amide bonds. The molecule has 0 bridgehead atoms. The van der Waals surface area contributed by atoms with Crippen molar-refractivity contribution < 1.29 is 23.5 Å². The molecule has 3 aliphatic rings. The topological polar surface area (TPSA) is 133 Å².